The summed E-state index contributed by atoms with van der Waals surface area (Å²) >= 11 is 7.84. The van der Waals surface area contributed by atoms with Crippen molar-refractivity contribution in [3.05, 3.63) is 94.5 Å². The maximum atomic E-state index is 12.7. The van der Waals surface area contributed by atoms with Crippen LogP contribution in [0.3, 0.4) is 0 Å². The third kappa shape index (κ3) is 6.50. The van der Waals surface area contributed by atoms with E-state index in [1.165, 1.54) is 29.3 Å². The maximum absolute atomic E-state index is 12.7. The van der Waals surface area contributed by atoms with Crippen molar-refractivity contribution in [1.82, 2.24) is 5.32 Å². The lowest BCUT2D eigenvalue weighted by atomic mass is 10.1. The van der Waals surface area contributed by atoms with E-state index in [9.17, 15) is 13.2 Å². The third-order valence-electron chi connectivity index (χ3n) is 4.56. The molecule has 0 bridgehead atoms. The average Bonchev–Trinajstić information content (AvgIpc) is 2.75. The van der Waals surface area contributed by atoms with Gasteiger partial charge in [-0.3, -0.25) is 9.52 Å². The molecule has 5 nitrogen and oxygen atoms in total. The van der Waals surface area contributed by atoms with Crippen LogP contribution in [0.1, 0.15) is 21.5 Å². The molecule has 0 aliphatic carbocycles. The van der Waals surface area contributed by atoms with Crippen LogP contribution in [0.25, 0.3) is 0 Å². The van der Waals surface area contributed by atoms with Crippen molar-refractivity contribution in [2.75, 3.05) is 17.0 Å². The largest absolute Gasteiger partial charge is 0.351 e. The first-order chi connectivity index (χ1) is 14.9. The Morgan fingerprint density at radius 1 is 1.00 bits per heavy atom. The van der Waals surface area contributed by atoms with Crippen LogP contribution in [0, 0.1) is 6.92 Å². The molecule has 0 saturated carbocycles. The van der Waals surface area contributed by atoms with E-state index in [4.69, 9.17) is 11.6 Å². The predicted molar refractivity (Wildman–Crippen MR) is 128 cm³/mol. The van der Waals surface area contributed by atoms with E-state index in [2.05, 4.69) is 29.1 Å². The van der Waals surface area contributed by atoms with Crippen molar-refractivity contribution in [1.29, 1.82) is 0 Å². The quantitative estimate of drug-likeness (QED) is 0.422. The molecule has 0 saturated heterocycles. The zero-order valence-corrected chi connectivity index (χ0v) is 19.4. The second-order valence-electron chi connectivity index (χ2n) is 6.85. The van der Waals surface area contributed by atoms with E-state index in [0.29, 0.717) is 12.2 Å². The van der Waals surface area contributed by atoms with Gasteiger partial charge in [-0.05, 0) is 48.4 Å². The van der Waals surface area contributed by atoms with Crippen LogP contribution in [0.15, 0.2) is 77.7 Å². The topological polar surface area (TPSA) is 75.3 Å². The number of carbonyl (C=O) groups is 1. The zero-order valence-electron chi connectivity index (χ0n) is 17.0. The van der Waals surface area contributed by atoms with Gasteiger partial charge in [-0.1, -0.05) is 54.1 Å². The number of anilines is 1. The molecule has 0 aliphatic rings. The molecule has 0 heterocycles. The molecule has 0 atom stereocenters. The monoisotopic (exact) mass is 474 g/mol. The summed E-state index contributed by atoms with van der Waals surface area (Å²) in [6, 6.07) is 20.9. The molecule has 2 N–H and O–H groups in total. The highest BCUT2D eigenvalue weighted by molar-refractivity contribution is 7.98. The van der Waals surface area contributed by atoms with Crippen molar-refractivity contribution in [2.45, 2.75) is 17.6 Å². The molecule has 0 fully saturated rings. The Hall–Kier alpha value is -2.48. The number of amides is 1. The lowest BCUT2D eigenvalue weighted by Gasteiger charge is -2.11. The number of aryl methyl sites for hydroxylation is 1. The number of para-hydroxylation sites is 1. The Balaban J connectivity index is 1.58. The van der Waals surface area contributed by atoms with Crippen molar-refractivity contribution in [2.24, 2.45) is 0 Å². The summed E-state index contributed by atoms with van der Waals surface area (Å²) < 4.78 is 27.9. The number of nitrogens with one attached hydrogen (secondary N) is 2. The number of hydrogen-bond donors (Lipinski definition) is 2. The van der Waals surface area contributed by atoms with Gasteiger partial charge in [0.2, 0.25) is 0 Å². The molecule has 0 unspecified atom stereocenters. The highest BCUT2D eigenvalue weighted by atomic mass is 35.5. The van der Waals surface area contributed by atoms with Crippen molar-refractivity contribution < 1.29 is 13.2 Å². The van der Waals surface area contributed by atoms with E-state index >= 15 is 0 Å². The number of halogens is 1. The lowest BCUT2D eigenvalue weighted by Crippen LogP contribution is -2.26. The van der Waals surface area contributed by atoms with E-state index in [1.54, 1.807) is 42.1 Å². The summed E-state index contributed by atoms with van der Waals surface area (Å²) in [5, 5.41) is 2.88. The smallest absolute Gasteiger partial charge is 0.263 e. The molecule has 31 heavy (non-hydrogen) atoms. The first kappa shape index (κ1) is 23.2. The molecule has 3 aromatic carbocycles. The van der Waals surface area contributed by atoms with Gasteiger partial charge in [0, 0.05) is 29.3 Å². The van der Waals surface area contributed by atoms with Crippen LogP contribution in [-0.4, -0.2) is 26.6 Å². The Kier molecular flexibility index (Phi) is 8.01. The molecule has 0 radical (unpaired) electrons. The van der Waals surface area contributed by atoms with Gasteiger partial charge in [-0.15, -0.1) is 0 Å². The van der Waals surface area contributed by atoms with E-state index in [1.807, 2.05) is 12.1 Å². The summed E-state index contributed by atoms with van der Waals surface area (Å²) in [5.74, 6) is 1.27. The third-order valence-corrected chi connectivity index (χ3v) is 7.43. The molecular formula is C23H23ClN2O3S2. The van der Waals surface area contributed by atoms with Gasteiger partial charge in [0.25, 0.3) is 15.9 Å². The minimum Gasteiger partial charge on any atom is -0.351 e. The second-order valence-corrected chi connectivity index (χ2v) is 10.0. The number of benzene rings is 3. The molecule has 0 aromatic heterocycles. The Morgan fingerprint density at radius 3 is 2.45 bits per heavy atom. The Bertz CT molecular complexity index is 1150. The van der Waals surface area contributed by atoms with Gasteiger partial charge in [-0.2, -0.15) is 11.8 Å². The summed E-state index contributed by atoms with van der Waals surface area (Å²) in [5.41, 5.74) is 3.18. The molecule has 8 heteroatoms. The van der Waals surface area contributed by atoms with Crippen LogP contribution in [-0.2, 0) is 15.8 Å². The number of thioether (sulfide) groups is 1. The van der Waals surface area contributed by atoms with Crippen LogP contribution in [0.4, 0.5) is 5.69 Å². The fourth-order valence-electron chi connectivity index (χ4n) is 2.86. The molecule has 0 aliphatic heterocycles. The van der Waals surface area contributed by atoms with Crippen LogP contribution in [0.2, 0.25) is 5.02 Å². The number of carbonyl (C=O) groups excluding carboxylic acids is 1. The first-order valence-corrected chi connectivity index (χ1v) is 12.7. The average molecular weight is 475 g/mol. The Morgan fingerprint density at radius 2 is 1.71 bits per heavy atom. The first-order valence-electron chi connectivity index (χ1n) is 9.65. The van der Waals surface area contributed by atoms with Gasteiger partial charge >= 0.3 is 0 Å². The van der Waals surface area contributed by atoms with E-state index in [0.717, 1.165) is 11.5 Å². The number of hydrogen-bond acceptors (Lipinski definition) is 4. The van der Waals surface area contributed by atoms with E-state index in [-0.39, 0.29) is 21.4 Å². The number of sulfonamides is 1. The van der Waals surface area contributed by atoms with Gasteiger partial charge in [0.1, 0.15) is 4.90 Å². The summed E-state index contributed by atoms with van der Waals surface area (Å²) in [6.45, 7) is 2.55. The zero-order chi connectivity index (χ0) is 22.3. The van der Waals surface area contributed by atoms with Crippen LogP contribution in [0.5, 0.6) is 0 Å². The number of rotatable bonds is 9. The Labute approximate surface area is 192 Å². The molecule has 3 rings (SSSR count). The maximum Gasteiger partial charge on any atom is 0.263 e. The fourth-order valence-corrected chi connectivity index (χ4v) is 5.38. The van der Waals surface area contributed by atoms with Crippen LogP contribution >= 0.6 is 23.4 Å². The highest BCUT2D eigenvalue weighted by Crippen LogP contribution is 2.25. The van der Waals surface area contributed by atoms with Gasteiger partial charge in [0.05, 0.1) is 5.02 Å². The van der Waals surface area contributed by atoms with Gasteiger partial charge < -0.3 is 5.32 Å². The van der Waals surface area contributed by atoms with Crippen LogP contribution < -0.4 is 10.0 Å². The van der Waals surface area contributed by atoms with Gasteiger partial charge in [0.15, 0.2) is 0 Å². The lowest BCUT2D eigenvalue weighted by molar-refractivity contribution is 0.0956. The van der Waals surface area contributed by atoms with Crippen molar-refractivity contribution in [3.63, 3.8) is 0 Å². The second kappa shape index (κ2) is 10.7. The van der Waals surface area contributed by atoms with Crippen molar-refractivity contribution >= 4 is 45.0 Å². The minimum atomic E-state index is -3.93. The molecule has 162 valence electrons. The van der Waals surface area contributed by atoms with Crippen molar-refractivity contribution in [3.8, 4) is 0 Å². The predicted octanol–water partition coefficient (Wildman–Crippen LogP) is 5.11. The highest BCUT2D eigenvalue weighted by Gasteiger charge is 2.20. The minimum absolute atomic E-state index is 0.0498. The summed E-state index contributed by atoms with van der Waals surface area (Å²) in [4.78, 5) is 12.4. The normalized spacial score (nSPS) is 11.2. The standard InChI is InChI=1S/C23H23ClN2O3S2/c1-17-7-5-6-8-19(17)16-30-14-13-25-23(27)18-11-12-21(24)22(15-18)31(28,29)26-20-9-3-2-4-10-20/h2-12,15,26H,13-14,16H2,1H3,(H,25,27). The summed E-state index contributed by atoms with van der Waals surface area (Å²) in [6.07, 6.45) is 0. The molecule has 1 amide bonds. The fraction of sp³-hybridized carbons (Fsp3) is 0.174. The SMILES string of the molecule is Cc1ccccc1CSCCNC(=O)c1ccc(Cl)c(S(=O)(=O)Nc2ccccc2)c1. The van der Waals surface area contributed by atoms with Gasteiger partial charge in [-0.25, -0.2) is 8.42 Å². The molecule has 3 aromatic rings. The molecule has 0 spiro atoms. The summed E-state index contributed by atoms with van der Waals surface area (Å²) in [7, 11) is -3.93. The van der Waals surface area contributed by atoms with E-state index < -0.39 is 10.0 Å². The molecular weight excluding hydrogens is 452 g/mol.